The maximum Gasteiger partial charge on any atom is 0.241 e. The van der Waals surface area contributed by atoms with Crippen LogP contribution in [0.4, 0.5) is 0 Å². The smallest absolute Gasteiger partial charge is 0.241 e. The molecular weight excluding hydrogens is 302 g/mol. The highest BCUT2D eigenvalue weighted by Crippen LogP contribution is 2.24. The number of hydrogen-bond acceptors (Lipinski definition) is 4. The Hall–Kier alpha value is -2.05. The van der Waals surface area contributed by atoms with Gasteiger partial charge in [0.25, 0.3) is 0 Å². The van der Waals surface area contributed by atoms with Gasteiger partial charge in [-0.25, -0.2) is 13.1 Å². The van der Waals surface area contributed by atoms with Crippen molar-refractivity contribution in [2.75, 3.05) is 14.2 Å². The average Bonchev–Trinajstić information content (AvgIpc) is 2.53. The predicted molar refractivity (Wildman–Crippen MR) is 84.8 cm³/mol. The highest BCUT2D eigenvalue weighted by molar-refractivity contribution is 7.89. The zero-order valence-electron chi connectivity index (χ0n) is 12.8. The van der Waals surface area contributed by atoms with Crippen molar-refractivity contribution in [3.63, 3.8) is 0 Å². The van der Waals surface area contributed by atoms with Crippen molar-refractivity contribution in [2.24, 2.45) is 0 Å². The molecule has 0 amide bonds. The van der Waals surface area contributed by atoms with Crippen molar-refractivity contribution >= 4 is 10.0 Å². The van der Waals surface area contributed by atoms with Gasteiger partial charge in [-0.3, -0.25) is 0 Å². The van der Waals surface area contributed by atoms with Crippen molar-refractivity contribution in [3.8, 4) is 11.5 Å². The first-order chi connectivity index (χ1) is 10.5. The van der Waals surface area contributed by atoms with E-state index in [9.17, 15) is 8.42 Å². The molecule has 0 saturated heterocycles. The van der Waals surface area contributed by atoms with Gasteiger partial charge in [-0.2, -0.15) is 0 Å². The molecule has 118 valence electrons. The molecule has 22 heavy (non-hydrogen) atoms. The average molecular weight is 321 g/mol. The highest BCUT2D eigenvalue weighted by atomic mass is 32.2. The Labute approximate surface area is 130 Å². The van der Waals surface area contributed by atoms with Gasteiger partial charge in [0.15, 0.2) is 0 Å². The van der Waals surface area contributed by atoms with Gasteiger partial charge in [0.1, 0.15) is 11.5 Å². The van der Waals surface area contributed by atoms with E-state index in [1.54, 1.807) is 63.6 Å². The topological polar surface area (TPSA) is 64.6 Å². The first kappa shape index (κ1) is 16.3. The molecule has 0 aliphatic carbocycles. The summed E-state index contributed by atoms with van der Waals surface area (Å²) in [5.74, 6) is 1.25. The van der Waals surface area contributed by atoms with E-state index in [0.717, 1.165) is 0 Å². The third kappa shape index (κ3) is 3.58. The summed E-state index contributed by atoms with van der Waals surface area (Å²) < 4.78 is 37.8. The first-order valence-electron chi connectivity index (χ1n) is 6.74. The predicted octanol–water partition coefficient (Wildman–Crippen LogP) is 2.49. The minimum atomic E-state index is -3.58. The summed E-state index contributed by atoms with van der Waals surface area (Å²) in [5, 5.41) is 0. The lowest BCUT2D eigenvalue weighted by Gasteiger charge is -2.12. The van der Waals surface area contributed by atoms with E-state index in [4.69, 9.17) is 9.47 Å². The van der Waals surface area contributed by atoms with Gasteiger partial charge in [0.2, 0.25) is 10.0 Å². The molecule has 0 fully saturated rings. The van der Waals surface area contributed by atoms with Crippen LogP contribution in [0.1, 0.15) is 11.1 Å². The summed E-state index contributed by atoms with van der Waals surface area (Å²) in [6.45, 7) is 1.89. The van der Waals surface area contributed by atoms with Crippen LogP contribution in [0.25, 0.3) is 0 Å². The highest BCUT2D eigenvalue weighted by Gasteiger charge is 2.17. The molecule has 0 spiro atoms. The standard InChI is InChI=1S/C16H19NO4S/c1-12-6-4-5-7-16(12)22(18,19)17-11-13-10-14(20-2)8-9-15(13)21-3/h4-10,17H,11H2,1-3H3. The summed E-state index contributed by atoms with van der Waals surface area (Å²) in [4.78, 5) is 0.275. The van der Waals surface area contributed by atoms with E-state index in [2.05, 4.69) is 4.72 Å². The summed E-state index contributed by atoms with van der Waals surface area (Å²) in [5.41, 5.74) is 1.41. The largest absolute Gasteiger partial charge is 0.497 e. The van der Waals surface area contributed by atoms with Crippen molar-refractivity contribution in [2.45, 2.75) is 18.4 Å². The number of nitrogens with one attached hydrogen (secondary N) is 1. The van der Waals surface area contributed by atoms with Gasteiger partial charge in [0, 0.05) is 12.1 Å². The Morgan fingerprint density at radius 3 is 2.41 bits per heavy atom. The van der Waals surface area contributed by atoms with Crippen LogP contribution in [0.15, 0.2) is 47.4 Å². The molecule has 0 saturated carbocycles. The van der Waals surface area contributed by atoms with E-state index >= 15 is 0 Å². The van der Waals surface area contributed by atoms with Gasteiger partial charge in [-0.05, 0) is 36.8 Å². The molecule has 5 nitrogen and oxygen atoms in total. The van der Waals surface area contributed by atoms with Gasteiger partial charge >= 0.3 is 0 Å². The molecule has 0 aromatic heterocycles. The number of methoxy groups -OCH3 is 2. The molecule has 0 atom stereocenters. The van der Waals surface area contributed by atoms with Gasteiger partial charge in [-0.15, -0.1) is 0 Å². The fraction of sp³-hybridized carbons (Fsp3) is 0.250. The maximum absolute atomic E-state index is 12.4. The molecule has 1 N–H and O–H groups in total. The zero-order valence-corrected chi connectivity index (χ0v) is 13.6. The molecule has 0 radical (unpaired) electrons. The number of hydrogen-bond donors (Lipinski definition) is 1. The molecule has 0 unspecified atom stereocenters. The Balaban J connectivity index is 2.24. The summed E-state index contributed by atoms with van der Waals surface area (Å²) >= 11 is 0. The van der Waals surface area contributed by atoms with E-state index in [1.165, 1.54) is 0 Å². The molecule has 0 aliphatic heterocycles. The van der Waals surface area contributed by atoms with Crippen LogP contribution in [0, 0.1) is 6.92 Å². The molecular formula is C16H19NO4S. The molecule has 0 bridgehead atoms. The first-order valence-corrected chi connectivity index (χ1v) is 8.22. The number of benzene rings is 2. The minimum Gasteiger partial charge on any atom is -0.497 e. The number of aryl methyl sites for hydroxylation is 1. The Kier molecular flexibility index (Phi) is 5.05. The van der Waals surface area contributed by atoms with Crippen LogP contribution >= 0.6 is 0 Å². The summed E-state index contributed by atoms with van der Waals surface area (Å²) in [6.07, 6.45) is 0. The van der Waals surface area contributed by atoms with Crippen LogP contribution in [0.2, 0.25) is 0 Å². The van der Waals surface area contributed by atoms with E-state index in [0.29, 0.717) is 22.6 Å². The second-order valence-corrected chi connectivity index (χ2v) is 6.50. The van der Waals surface area contributed by atoms with Gasteiger partial charge < -0.3 is 9.47 Å². The Morgan fingerprint density at radius 1 is 1.05 bits per heavy atom. The molecule has 2 aromatic rings. The molecule has 0 heterocycles. The molecule has 0 aliphatic rings. The second-order valence-electron chi connectivity index (χ2n) is 4.77. The Morgan fingerprint density at radius 2 is 1.77 bits per heavy atom. The van der Waals surface area contributed by atoms with E-state index in [1.807, 2.05) is 0 Å². The zero-order chi connectivity index (χ0) is 16.2. The number of rotatable bonds is 6. The van der Waals surface area contributed by atoms with E-state index < -0.39 is 10.0 Å². The third-order valence-electron chi connectivity index (χ3n) is 3.32. The van der Waals surface area contributed by atoms with E-state index in [-0.39, 0.29) is 11.4 Å². The van der Waals surface area contributed by atoms with Crippen molar-refractivity contribution in [1.82, 2.24) is 4.72 Å². The lowest BCUT2D eigenvalue weighted by molar-refractivity contribution is 0.398. The summed E-state index contributed by atoms with van der Waals surface area (Å²) in [7, 11) is -0.479. The van der Waals surface area contributed by atoms with Crippen LogP contribution in [-0.4, -0.2) is 22.6 Å². The van der Waals surface area contributed by atoms with Crippen LogP contribution < -0.4 is 14.2 Å². The molecule has 2 aromatic carbocycles. The molecule has 6 heteroatoms. The molecule has 2 rings (SSSR count). The quantitative estimate of drug-likeness (QED) is 0.888. The van der Waals surface area contributed by atoms with Crippen LogP contribution in [-0.2, 0) is 16.6 Å². The lowest BCUT2D eigenvalue weighted by Crippen LogP contribution is -2.24. The minimum absolute atomic E-state index is 0.122. The van der Waals surface area contributed by atoms with Crippen molar-refractivity contribution in [1.29, 1.82) is 0 Å². The second kappa shape index (κ2) is 6.81. The number of sulfonamides is 1. The summed E-state index contributed by atoms with van der Waals surface area (Å²) in [6, 6.07) is 12.1. The van der Waals surface area contributed by atoms with Crippen LogP contribution in [0.5, 0.6) is 11.5 Å². The normalized spacial score (nSPS) is 11.2. The maximum atomic E-state index is 12.4. The van der Waals surface area contributed by atoms with Gasteiger partial charge in [0.05, 0.1) is 19.1 Å². The Bertz CT molecular complexity index is 756. The third-order valence-corrected chi connectivity index (χ3v) is 4.88. The SMILES string of the molecule is COc1ccc(OC)c(CNS(=O)(=O)c2ccccc2C)c1. The fourth-order valence-electron chi connectivity index (χ4n) is 2.13. The van der Waals surface area contributed by atoms with Crippen LogP contribution in [0.3, 0.4) is 0 Å². The lowest BCUT2D eigenvalue weighted by atomic mass is 10.2. The monoisotopic (exact) mass is 321 g/mol. The van der Waals surface area contributed by atoms with Crippen molar-refractivity contribution < 1.29 is 17.9 Å². The number of ether oxygens (including phenoxy) is 2. The fourth-order valence-corrected chi connectivity index (χ4v) is 3.38. The van der Waals surface area contributed by atoms with Crippen molar-refractivity contribution in [3.05, 3.63) is 53.6 Å². The van der Waals surface area contributed by atoms with Gasteiger partial charge in [-0.1, -0.05) is 18.2 Å².